The number of esters is 1. The molecule has 0 bridgehead atoms. The van der Waals surface area contributed by atoms with Gasteiger partial charge in [0.2, 0.25) is 0 Å². The van der Waals surface area contributed by atoms with Crippen LogP contribution in [0.25, 0.3) is 0 Å². The van der Waals surface area contributed by atoms with E-state index in [0.717, 1.165) is 6.08 Å². The summed E-state index contributed by atoms with van der Waals surface area (Å²) < 4.78 is 34.5. The van der Waals surface area contributed by atoms with Crippen molar-refractivity contribution in [2.24, 2.45) is 0 Å². The zero-order valence-corrected chi connectivity index (χ0v) is 13.2. The molecule has 5 atom stereocenters. The van der Waals surface area contributed by atoms with Gasteiger partial charge in [0.05, 0.1) is 0 Å². The average molecular weight is 314 g/mol. The second-order valence-corrected chi connectivity index (χ2v) is 6.54. The molecule has 0 aromatic rings. The lowest BCUT2D eigenvalue weighted by Crippen LogP contribution is -2.56. The zero-order valence-electron chi connectivity index (χ0n) is 13.2. The molecule has 0 amide bonds. The molecular formula is C15H22O7. The van der Waals surface area contributed by atoms with Crippen molar-refractivity contribution < 1.29 is 33.2 Å². The van der Waals surface area contributed by atoms with E-state index < -0.39 is 36.0 Å². The lowest BCUT2D eigenvalue weighted by Gasteiger charge is -2.36. The highest BCUT2D eigenvalue weighted by Gasteiger charge is 2.60. The summed E-state index contributed by atoms with van der Waals surface area (Å²) >= 11 is 0. The van der Waals surface area contributed by atoms with Crippen LogP contribution in [0.4, 0.5) is 0 Å². The van der Waals surface area contributed by atoms with E-state index in [1.54, 1.807) is 0 Å². The molecular weight excluding hydrogens is 292 g/mol. The van der Waals surface area contributed by atoms with Gasteiger partial charge >= 0.3 is 5.97 Å². The highest BCUT2D eigenvalue weighted by molar-refractivity contribution is 5.81. The number of fused-ring (bicyclic) bond motifs is 3. The molecule has 3 aliphatic heterocycles. The van der Waals surface area contributed by atoms with E-state index in [-0.39, 0.29) is 18.8 Å². The third-order valence-electron chi connectivity index (χ3n) is 3.81. The highest BCUT2D eigenvalue weighted by atomic mass is 16.9. The molecule has 7 heteroatoms. The van der Waals surface area contributed by atoms with Gasteiger partial charge in [-0.05, 0) is 27.7 Å². The predicted octanol–water partition coefficient (Wildman–Crippen LogP) is 1.11. The lowest BCUT2D eigenvalue weighted by molar-refractivity contribution is -0.242. The van der Waals surface area contributed by atoms with Crippen LogP contribution in [0.15, 0.2) is 12.7 Å². The van der Waals surface area contributed by atoms with Crippen molar-refractivity contribution >= 4 is 5.97 Å². The largest absolute Gasteiger partial charge is 0.460 e. The molecule has 22 heavy (non-hydrogen) atoms. The second kappa shape index (κ2) is 5.28. The van der Waals surface area contributed by atoms with Gasteiger partial charge in [-0.15, -0.1) is 0 Å². The van der Waals surface area contributed by atoms with Crippen molar-refractivity contribution in [2.45, 2.75) is 70.0 Å². The first-order chi connectivity index (χ1) is 10.2. The first kappa shape index (κ1) is 15.9. The Hall–Kier alpha value is -0.990. The van der Waals surface area contributed by atoms with Gasteiger partial charge in [-0.25, -0.2) is 4.79 Å². The van der Waals surface area contributed by atoms with Gasteiger partial charge < -0.3 is 28.4 Å². The summed E-state index contributed by atoms with van der Waals surface area (Å²) in [5.74, 6) is -2.03. The Morgan fingerprint density at radius 2 is 1.64 bits per heavy atom. The highest BCUT2D eigenvalue weighted by Crippen LogP contribution is 2.44. The van der Waals surface area contributed by atoms with Crippen LogP contribution in [0.5, 0.6) is 0 Å². The maximum Gasteiger partial charge on any atom is 0.330 e. The smallest absolute Gasteiger partial charge is 0.330 e. The predicted molar refractivity (Wildman–Crippen MR) is 73.7 cm³/mol. The van der Waals surface area contributed by atoms with Gasteiger partial charge in [-0.2, -0.15) is 0 Å². The number of carbonyl (C=O) groups is 1. The molecule has 0 spiro atoms. The fourth-order valence-electron chi connectivity index (χ4n) is 3.05. The summed E-state index contributed by atoms with van der Waals surface area (Å²) in [6.07, 6.45) is -1.09. The molecule has 7 nitrogen and oxygen atoms in total. The van der Waals surface area contributed by atoms with Crippen LogP contribution in [-0.2, 0) is 33.2 Å². The Kier molecular flexibility index (Phi) is 3.81. The van der Waals surface area contributed by atoms with Gasteiger partial charge in [0.1, 0.15) is 31.0 Å². The molecule has 3 aliphatic rings. The summed E-state index contributed by atoms with van der Waals surface area (Å²) in [6.45, 7) is 10.7. The molecule has 0 saturated carbocycles. The van der Waals surface area contributed by atoms with Crippen molar-refractivity contribution in [1.82, 2.24) is 0 Å². The van der Waals surface area contributed by atoms with Crippen molar-refractivity contribution in [3.8, 4) is 0 Å². The molecule has 0 aromatic heterocycles. The van der Waals surface area contributed by atoms with E-state index in [2.05, 4.69) is 6.58 Å². The molecule has 3 fully saturated rings. The summed E-state index contributed by atoms with van der Waals surface area (Å²) in [7, 11) is 0. The van der Waals surface area contributed by atoms with Crippen LogP contribution < -0.4 is 0 Å². The van der Waals surface area contributed by atoms with E-state index >= 15 is 0 Å². The van der Waals surface area contributed by atoms with Crippen LogP contribution in [0.3, 0.4) is 0 Å². The second-order valence-electron chi connectivity index (χ2n) is 6.54. The topological polar surface area (TPSA) is 72.5 Å². The Morgan fingerprint density at radius 3 is 2.32 bits per heavy atom. The fourth-order valence-corrected chi connectivity index (χ4v) is 3.05. The SMILES string of the molecule is C=CC(=O)OC[C@H]1OC2OC(C)(C)O[C@@H]2[C@H]2OC(C)(C)O[C@H]21. The van der Waals surface area contributed by atoms with Gasteiger partial charge in [-0.3, -0.25) is 0 Å². The van der Waals surface area contributed by atoms with E-state index in [9.17, 15) is 4.79 Å². The summed E-state index contributed by atoms with van der Waals surface area (Å²) in [4.78, 5) is 11.3. The monoisotopic (exact) mass is 314 g/mol. The average Bonchev–Trinajstić information content (AvgIpc) is 2.89. The van der Waals surface area contributed by atoms with Crippen LogP contribution in [-0.4, -0.2) is 54.9 Å². The summed E-state index contributed by atoms with van der Waals surface area (Å²) in [6, 6.07) is 0. The quantitative estimate of drug-likeness (QED) is 0.571. The minimum Gasteiger partial charge on any atom is -0.460 e. The van der Waals surface area contributed by atoms with Crippen LogP contribution >= 0.6 is 0 Å². The Bertz CT molecular complexity index is 473. The van der Waals surface area contributed by atoms with E-state index in [0.29, 0.717) is 0 Å². The Balaban J connectivity index is 1.77. The number of ether oxygens (including phenoxy) is 6. The molecule has 0 aromatic carbocycles. The molecule has 0 N–H and O–H groups in total. The fraction of sp³-hybridized carbons (Fsp3) is 0.800. The summed E-state index contributed by atoms with van der Waals surface area (Å²) in [5.41, 5.74) is 0. The zero-order chi connectivity index (χ0) is 16.1. The third-order valence-corrected chi connectivity index (χ3v) is 3.81. The molecule has 3 saturated heterocycles. The van der Waals surface area contributed by atoms with Crippen molar-refractivity contribution in [3.63, 3.8) is 0 Å². The first-order valence-electron chi connectivity index (χ1n) is 7.37. The van der Waals surface area contributed by atoms with E-state index in [4.69, 9.17) is 28.4 Å². The normalized spacial score (nSPS) is 41.5. The van der Waals surface area contributed by atoms with Crippen LogP contribution in [0, 0.1) is 0 Å². The minimum atomic E-state index is -0.761. The van der Waals surface area contributed by atoms with Crippen molar-refractivity contribution in [1.29, 1.82) is 0 Å². The first-order valence-corrected chi connectivity index (χ1v) is 7.37. The molecule has 0 aliphatic carbocycles. The Labute approximate surface area is 129 Å². The molecule has 1 unspecified atom stereocenters. The molecule has 3 rings (SSSR count). The van der Waals surface area contributed by atoms with Gasteiger partial charge in [0.15, 0.2) is 17.9 Å². The maximum absolute atomic E-state index is 11.3. The van der Waals surface area contributed by atoms with Gasteiger partial charge in [0, 0.05) is 6.08 Å². The van der Waals surface area contributed by atoms with Crippen LogP contribution in [0.2, 0.25) is 0 Å². The minimum absolute atomic E-state index is 0.0401. The number of rotatable bonds is 3. The maximum atomic E-state index is 11.3. The number of hydrogen-bond acceptors (Lipinski definition) is 7. The lowest BCUT2D eigenvalue weighted by atomic mass is 9.99. The molecule has 3 heterocycles. The molecule has 124 valence electrons. The van der Waals surface area contributed by atoms with Gasteiger partial charge in [-0.1, -0.05) is 6.58 Å². The number of hydrogen-bond donors (Lipinski definition) is 0. The summed E-state index contributed by atoms with van der Waals surface area (Å²) in [5, 5.41) is 0. The number of carbonyl (C=O) groups excluding carboxylic acids is 1. The van der Waals surface area contributed by atoms with Crippen molar-refractivity contribution in [3.05, 3.63) is 12.7 Å². The Morgan fingerprint density at radius 1 is 1.05 bits per heavy atom. The standard InChI is InChI=1S/C15H22O7/c1-6-9(16)17-7-8-10-11(20-14(2,3)19-10)12-13(18-8)22-15(4,5)21-12/h6,8,10-13H,1,7H2,2-5H3/t8-,10+,11+,12-,13?/m1/s1. The van der Waals surface area contributed by atoms with Gasteiger partial charge in [0.25, 0.3) is 0 Å². The third kappa shape index (κ3) is 2.91. The van der Waals surface area contributed by atoms with Crippen molar-refractivity contribution in [2.75, 3.05) is 6.61 Å². The molecule has 0 radical (unpaired) electrons. The van der Waals surface area contributed by atoms with Crippen LogP contribution in [0.1, 0.15) is 27.7 Å². The van der Waals surface area contributed by atoms with E-state index in [1.807, 2.05) is 27.7 Å². The van der Waals surface area contributed by atoms with E-state index in [1.165, 1.54) is 0 Å².